The summed E-state index contributed by atoms with van der Waals surface area (Å²) in [5.41, 5.74) is 3.63. The van der Waals surface area contributed by atoms with Gasteiger partial charge in [0.1, 0.15) is 11.8 Å². The van der Waals surface area contributed by atoms with Crippen molar-refractivity contribution in [2.24, 2.45) is 5.92 Å². The number of ether oxygens (including phenoxy) is 1. The van der Waals surface area contributed by atoms with Crippen LogP contribution in [-0.4, -0.2) is 50.3 Å². The van der Waals surface area contributed by atoms with Gasteiger partial charge in [0.05, 0.1) is 13.7 Å². The molecule has 8 nitrogen and oxygen atoms in total. The van der Waals surface area contributed by atoms with E-state index in [1.54, 1.807) is 7.11 Å². The van der Waals surface area contributed by atoms with Gasteiger partial charge in [0.15, 0.2) is 5.82 Å². The summed E-state index contributed by atoms with van der Waals surface area (Å²) in [6.07, 6.45) is 2.27. The van der Waals surface area contributed by atoms with Gasteiger partial charge in [-0.25, -0.2) is 4.68 Å². The Balaban J connectivity index is 1.59. The molecule has 8 heteroatoms. The van der Waals surface area contributed by atoms with Crippen LogP contribution < -0.4 is 10.3 Å². The van der Waals surface area contributed by atoms with Crippen LogP contribution in [0.4, 0.5) is 0 Å². The Labute approximate surface area is 198 Å². The number of piperidine rings is 1. The third-order valence-electron chi connectivity index (χ3n) is 6.67. The van der Waals surface area contributed by atoms with Crippen LogP contribution in [0.25, 0.3) is 10.9 Å². The van der Waals surface area contributed by atoms with Crippen LogP contribution in [0.1, 0.15) is 48.3 Å². The molecule has 0 unspecified atom stereocenters. The highest BCUT2D eigenvalue weighted by Gasteiger charge is 2.32. The number of aryl methyl sites for hydroxylation is 1. The normalized spacial score (nSPS) is 17.7. The van der Waals surface area contributed by atoms with E-state index in [4.69, 9.17) is 4.74 Å². The largest absolute Gasteiger partial charge is 0.497 e. The molecule has 1 saturated heterocycles. The van der Waals surface area contributed by atoms with Crippen molar-refractivity contribution in [1.82, 2.24) is 30.1 Å². The highest BCUT2D eigenvalue weighted by Crippen LogP contribution is 2.31. The molecule has 1 N–H and O–H groups in total. The average Bonchev–Trinajstić information content (AvgIpc) is 3.28. The van der Waals surface area contributed by atoms with Crippen LogP contribution in [0.5, 0.6) is 5.75 Å². The van der Waals surface area contributed by atoms with Crippen molar-refractivity contribution in [1.29, 1.82) is 0 Å². The third-order valence-corrected chi connectivity index (χ3v) is 6.67. The first-order valence-corrected chi connectivity index (χ1v) is 11.8. The second kappa shape index (κ2) is 9.38. The molecule has 3 heterocycles. The predicted molar refractivity (Wildman–Crippen MR) is 131 cm³/mol. The fourth-order valence-electron chi connectivity index (χ4n) is 4.93. The second-order valence-corrected chi connectivity index (χ2v) is 9.33. The minimum Gasteiger partial charge on any atom is -0.497 e. The number of tetrazole rings is 1. The first-order chi connectivity index (χ1) is 16.5. The zero-order valence-corrected chi connectivity index (χ0v) is 19.9. The van der Waals surface area contributed by atoms with Crippen molar-refractivity contribution in [3.05, 3.63) is 81.4 Å². The topological polar surface area (TPSA) is 88.9 Å². The van der Waals surface area contributed by atoms with E-state index in [-0.39, 0.29) is 11.6 Å². The Kier molecular flexibility index (Phi) is 6.15. The molecule has 1 fully saturated rings. The smallest absolute Gasteiger partial charge is 0.253 e. The summed E-state index contributed by atoms with van der Waals surface area (Å²) in [6.45, 7) is 6.62. The first kappa shape index (κ1) is 22.3. The minimum atomic E-state index is -0.329. The van der Waals surface area contributed by atoms with Crippen LogP contribution in [0.3, 0.4) is 0 Å². The molecule has 0 aliphatic carbocycles. The number of hydrogen-bond acceptors (Lipinski definition) is 6. The van der Waals surface area contributed by atoms with Gasteiger partial charge in [-0.3, -0.25) is 9.69 Å². The van der Waals surface area contributed by atoms with E-state index in [1.165, 1.54) is 6.42 Å². The first-order valence-electron chi connectivity index (χ1n) is 11.8. The third kappa shape index (κ3) is 4.46. The lowest BCUT2D eigenvalue weighted by Crippen LogP contribution is -2.41. The van der Waals surface area contributed by atoms with E-state index in [1.807, 2.05) is 47.1 Å². The lowest BCUT2D eigenvalue weighted by Gasteiger charge is -2.36. The Bertz CT molecular complexity index is 1340. The van der Waals surface area contributed by atoms with Gasteiger partial charge in [0, 0.05) is 17.6 Å². The van der Waals surface area contributed by atoms with E-state index in [0.29, 0.717) is 23.9 Å². The number of hydrogen-bond donors (Lipinski definition) is 1. The van der Waals surface area contributed by atoms with Gasteiger partial charge in [-0.15, -0.1) is 5.10 Å². The number of aromatic nitrogens is 5. The average molecular weight is 459 g/mol. The van der Waals surface area contributed by atoms with Gasteiger partial charge in [0.2, 0.25) is 0 Å². The molecule has 1 aliphatic heterocycles. The molecule has 0 spiro atoms. The summed E-state index contributed by atoms with van der Waals surface area (Å²) >= 11 is 0. The van der Waals surface area contributed by atoms with Gasteiger partial charge in [0.25, 0.3) is 5.56 Å². The fourth-order valence-corrected chi connectivity index (χ4v) is 4.93. The number of aromatic amines is 1. The standard InChI is InChI=1S/C26H30N6O2/c1-17-6-11-23-20(13-17)14-22(26(33)27-23)24(31-12-4-5-18(2)15-31)25-28-29-30-32(25)16-19-7-9-21(34-3)10-8-19/h6-11,13-14,18,24H,4-5,12,15-16H2,1-3H3,(H,27,33)/t18-,24+/m0/s1. The number of rotatable bonds is 6. The molecule has 1 aliphatic rings. The van der Waals surface area contributed by atoms with Crippen LogP contribution in [0, 0.1) is 12.8 Å². The lowest BCUT2D eigenvalue weighted by molar-refractivity contribution is 0.141. The van der Waals surface area contributed by atoms with Crippen LogP contribution in [-0.2, 0) is 6.54 Å². The highest BCUT2D eigenvalue weighted by molar-refractivity contribution is 5.79. The number of benzene rings is 2. The van der Waals surface area contributed by atoms with E-state index in [2.05, 4.69) is 45.3 Å². The molecule has 4 aromatic rings. The SMILES string of the molecule is COc1ccc(Cn2nnnc2[C@@H](c2cc3cc(C)ccc3[nH]c2=O)N2CCC[C@H](C)C2)cc1. The zero-order chi connectivity index (χ0) is 23.7. The van der Waals surface area contributed by atoms with E-state index < -0.39 is 0 Å². The summed E-state index contributed by atoms with van der Waals surface area (Å²) < 4.78 is 7.09. The lowest BCUT2D eigenvalue weighted by atomic mass is 9.95. The fraction of sp³-hybridized carbons (Fsp3) is 0.385. The van der Waals surface area contributed by atoms with Gasteiger partial charge >= 0.3 is 0 Å². The number of fused-ring (bicyclic) bond motifs is 1. The van der Waals surface area contributed by atoms with Crippen molar-refractivity contribution in [2.75, 3.05) is 20.2 Å². The molecular formula is C26H30N6O2. The number of nitrogens with zero attached hydrogens (tertiary/aromatic N) is 5. The quantitative estimate of drug-likeness (QED) is 0.474. The van der Waals surface area contributed by atoms with Gasteiger partial charge in [-0.1, -0.05) is 30.7 Å². The van der Waals surface area contributed by atoms with Crippen LogP contribution in [0.15, 0.2) is 53.3 Å². The minimum absolute atomic E-state index is 0.0985. The molecule has 34 heavy (non-hydrogen) atoms. The Hall–Kier alpha value is -3.52. The Morgan fingerprint density at radius 2 is 2.00 bits per heavy atom. The number of likely N-dealkylation sites (tertiary alicyclic amines) is 1. The van der Waals surface area contributed by atoms with E-state index in [0.717, 1.165) is 47.3 Å². The maximum Gasteiger partial charge on any atom is 0.253 e. The van der Waals surface area contributed by atoms with Crippen molar-refractivity contribution < 1.29 is 4.74 Å². The van der Waals surface area contributed by atoms with Gasteiger partial charge in [-0.2, -0.15) is 0 Å². The molecule has 0 saturated carbocycles. The van der Waals surface area contributed by atoms with E-state index in [9.17, 15) is 4.79 Å². The van der Waals surface area contributed by atoms with Crippen molar-refractivity contribution in [2.45, 2.75) is 39.3 Å². The summed E-state index contributed by atoms with van der Waals surface area (Å²) in [4.78, 5) is 18.8. The van der Waals surface area contributed by atoms with Crippen molar-refractivity contribution in [3.8, 4) is 5.75 Å². The zero-order valence-electron chi connectivity index (χ0n) is 19.9. The summed E-state index contributed by atoms with van der Waals surface area (Å²) in [6, 6.07) is 15.6. The predicted octanol–water partition coefficient (Wildman–Crippen LogP) is 3.70. The number of H-pyrrole nitrogens is 1. The molecule has 2 atom stereocenters. The highest BCUT2D eigenvalue weighted by atomic mass is 16.5. The molecule has 0 radical (unpaired) electrons. The van der Waals surface area contributed by atoms with E-state index >= 15 is 0 Å². The van der Waals surface area contributed by atoms with Crippen molar-refractivity contribution >= 4 is 10.9 Å². The van der Waals surface area contributed by atoms with Gasteiger partial charge < -0.3 is 9.72 Å². The molecule has 0 amide bonds. The van der Waals surface area contributed by atoms with Crippen LogP contribution in [0.2, 0.25) is 0 Å². The number of nitrogens with one attached hydrogen (secondary N) is 1. The van der Waals surface area contributed by atoms with Crippen molar-refractivity contribution in [3.63, 3.8) is 0 Å². The molecular weight excluding hydrogens is 428 g/mol. The second-order valence-electron chi connectivity index (χ2n) is 9.33. The summed E-state index contributed by atoms with van der Waals surface area (Å²) in [5, 5.41) is 13.8. The maximum absolute atomic E-state index is 13.3. The number of pyridine rings is 1. The Morgan fingerprint density at radius 3 is 2.76 bits per heavy atom. The maximum atomic E-state index is 13.3. The Morgan fingerprint density at radius 1 is 1.18 bits per heavy atom. The molecule has 5 rings (SSSR count). The molecule has 176 valence electrons. The molecule has 0 bridgehead atoms. The molecule has 2 aromatic heterocycles. The monoisotopic (exact) mass is 458 g/mol. The van der Waals surface area contributed by atoms with Gasteiger partial charge in [-0.05, 0) is 83.9 Å². The number of methoxy groups -OCH3 is 1. The summed E-state index contributed by atoms with van der Waals surface area (Å²) in [7, 11) is 1.65. The molecule has 2 aromatic carbocycles. The van der Waals surface area contributed by atoms with Crippen LogP contribution >= 0.6 is 0 Å². The summed E-state index contributed by atoms with van der Waals surface area (Å²) in [5.74, 6) is 2.03.